The Balaban J connectivity index is 2.54. The molecule has 30 valence electrons. The lowest BCUT2D eigenvalue weighted by Gasteiger charge is -1.95. The molecule has 0 aliphatic heterocycles. The van der Waals surface area contributed by atoms with Crippen LogP contribution in [-0.2, 0) is 0 Å². The Kier molecular flexibility index (Phi) is 2.28. The van der Waals surface area contributed by atoms with Gasteiger partial charge in [-0.15, -0.1) is 0 Å². The van der Waals surface area contributed by atoms with Gasteiger partial charge in [-0.1, -0.05) is 6.92 Å². The summed E-state index contributed by atoms with van der Waals surface area (Å²) in [5, 5.41) is 3.03. The van der Waals surface area contributed by atoms with Gasteiger partial charge in [0.1, 0.15) is 7.85 Å². The van der Waals surface area contributed by atoms with Crippen molar-refractivity contribution in [2.45, 2.75) is 12.9 Å². The van der Waals surface area contributed by atoms with Gasteiger partial charge in [-0.3, -0.25) is 0 Å². The van der Waals surface area contributed by atoms with E-state index in [2.05, 4.69) is 20.1 Å². The Morgan fingerprint density at radius 2 is 2.00 bits per heavy atom. The van der Waals surface area contributed by atoms with Crippen LogP contribution in [0.2, 0.25) is 0 Å². The predicted octanol–water partition coefficient (Wildman–Crippen LogP) is -0.815. The van der Waals surface area contributed by atoms with Crippen LogP contribution >= 0.6 is 0 Å². The summed E-state index contributed by atoms with van der Waals surface area (Å²) in [5.41, 5.74) is 0. The van der Waals surface area contributed by atoms with Crippen molar-refractivity contribution in [1.82, 2.24) is 5.32 Å². The van der Waals surface area contributed by atoms with E-state index in [9.17, 15) is 0 Å². The molecule has 1 atom stereocenters. The van der Waals surface area contributed by atoms with Crippen molar-refractivity contribution in [3.05, 3.63) is 0 Å². The highest BCUT2D eigenvalue weighted by molar-refractivity contribution is 6.11. The summed E-state index contributed by atoms with van der Waals surface area (Å²) in [4.78, 5) is 0. The first-order valence-electron chi connectivity index (χ1n) is 1.94. The maximum Gasteiger partial charge on any atom is 0.123 e. The van der Waals surface area contributed by atoms with E-state index in [0.29, 0.717) is 5.94 Å². The van der Waals surface area contributed by atoms with E-state index in [4.69, 9.17) is 0 Å². The molecule has 0 fully saturated rings. The first-order chi connectivity index (χ1) is 2.27. The first kappa shape index (κ1) is 5.02. The van der Waals surface area contributed by atoms with E-state index in [-0.39, 0.29) is 0 Å². The second kappa shape index (κ2) is 2.27. The van der Waals surface area contributed by atoms with E-state index in [1.54, 1.807) is 0 Å². The third-order valence-corrected chi connectivity index (χ3v) is 0.577. The van der Waals surface area contributed by atoms with E-state index < -0.39 is 0 Å². The van der Waals surface area contributed by atoms with Gasteiger partial charge in [-0.05, 0) is 13.0 Å². The van der Waals surface area contributed by atoms with E-state index in [1.807, 2.05) is 7.05 Å². The van der Waals surface area contributed by atoms with Crippen molar-refractivity contribution in [2.24, 2.45) is 0 Å². The van der Waals surface area contributed by atoms with Gasteiger partial charge < -0.3 is 5.32 Å². The van der Waals surface area contributed by atoms with Crippen LogP contribution in [-0.4, -0.2) is 20.8 Å². The Morgan fingerprint density at radius 1 is 1.80 bits per heavy atom. The van der Waals surface area contributed by atoms with Crippen molar-refractivity contribution in [3.63, 3.8) is 0 Å². The van der Waals surface area contributed by atoms with Crippen molar-refractivity contribution in [3.8, 4) is 0 Å². The topological polar surface area (TPSA) is 12.0 Å². The fourth-order valence-electron chi connectivity index (χ4n) is 0. The summed E-state index contributed by atoms with van der Waals surface area (Å²) in [7, 11) is 4.06. The van der Waals surface area contributed by atoms with Gasteiger partial charge in [-0.2, -0.15) is 0 Å². The molecule has 1 nitrogen and oxygen atoms in total. The lowest BCUT2D eigenvalue weighted by atomic mass is 10.00. The molecular formula is C3H10BN. The van der Waals surface area contributed by atoms with Gasteiger partial charge in [0, 0.05) is 0 Å². The van der Waals surface area contributed by atoms with Crippen LogP contribution in [0, 0.1) is 0 Å². The smallest absolute Gasteiger partial charge is 0.123 e. The summed E-state index contributed by atoms with van der Waals surface area (Å²) in [6.45, 7) is 2.11. The van der Waals surface area contributed by atoms with Gasteiger partial charge in [0.05, 0.1) is 0 Å². The SMILES string of the molecule is BC(C)NC. The molecule has 0 heterocycles. The maximum atomic E-state index is 3.03. The van der Waals surface area contributed by atoms with Crippen LogP contribution in [0.3, 0.4) is 0 Å². The van der Waals surface area contributed by atoms with Gasteiger partial charge in [0.25, 0.3) is 0 Å². The lowest BCUT2D eigenvalue weighted by Crippen LogP contribution is -2.20. The quantitative estimate of drug-likeness (QED) is 0.398. The molecule has 1 N–H and O–H groups in total. The second-order valence-electron chi connectivity index (χ2n) is 1.44. The Morgan fingerprint density at radius 3 is 2.00 bits per heavy atom. The molecule has 0 spiro atoms. The minimum Gasteiger partial charge on any atom is -0.325 e. The summed E-state index contributed by atoms with van der Waals surface area (Å²) in [6, 6.07) is 0. The number of rotatable bonds is 1. The molecule has 1 unspecified atom stereocenters. The number of nitrogens with one attached hydrogen (secondary N) is 1. The molecule has 0 aliphatic rings. The van der Waals surface area contributed by atoms with E-state index in [0.717, 1.165) is 0 Å². The molecule has 0 aromatic carbocycles. The summed E-state index contributed by atoms with van der Waals surface area (Å²) < 4.78 is 0. The monoisotopic (exact) mass is 71.1 g/mol. The molecule has 0 bridgehead atoms. The van der Waals surface area contributed by atoms with Crippen LogP contribution in [0.15, 0.2) is 0 Å². The predicted molar refractivity (Wildman–Crippen MR) is 27.1 cm³/mol. The zero-order valence-corrected chi connectivity index (χ0v) is 4.08. The van der Waals surface area contributed by atoms with Crippen molar-refractivity contribution >= 4 is 7.85 Å². The fraction of sp³-hybridized carbons (Fsp3) is 1.00. The molecule has 0 saturated carbocycles. The highest BCUT2D eigenvalue weighted by Crippen LogP contribution is 1.58. The number of hydrogen-bond donors (Lipinski definition) is 1. The minimum absolute atomic E-state index is 0.634. The van der Waals surface area contributed by atoms with Gasteiger partial charge >= 0.3 is 0 Å². The zero-order chi connectivity index (χ0) is 4.28. The van der Waals surface area contributed by atoms with Crippen molar-refractivity contribution in [1.29, 1.82) is 0 Å². The lowest BCUT2D eigenvalue weighted by molar-refractivity contribution is 0.794. The number of hydrogen-bond acceptors (Lipinski definition) is 1. The van der Waals surface area contributed by atoms with Crippen LogP contribution in [0.4, 0.5) is 0 Å². The van der Waals surface area contributed by atoms with Crippen LogP contribution in [0.1, 0.15) is 6.92 Å². The van der Waals surface area contributed by atoms with E-state index >= 15 is 0 Å². The fourth-order valence-corrected chi connectivity index (χ4v) is 0. The molecule has 2 heteroatoms. The van der Waals surface area contributed by atoms with Crippen LogP contribution < -0.4 is 5.32 Å². The Bertz CT molecular complexity index is 20.9. The first-order valence-corrected chi connectivity index (χ1v) is 1.94. The van der Waals surface area contributed by atoms with Crippen LogP contribution in [0.5, 0.6) is 0 Å². The molecule has 0 aliphatic carbocycles. The Labute approximate surface area is 34.2 Å². The summed E-state index contributed by atoms with van der Waals surface area (Å²) in [6.07, 6.45) is 0. The third kappa shape index (κ3) is 4.02. The maximum absolute atomic E-state index is 3.03. The molecule has 0 radical (unpaired) electrons. The second-order valence-corrected chi connectivity index (χ2v) is 1.44. The van der Waals surface area contributed by atoms with Gasteiger partial charge in [0.15, 0.2) is 0 Å². The molecule has 0 saturated heterocycles. The molecular weight excluding hydrogens is 60.9 g/mol. The standard InChI is InChI=1S/C3H10BN/c1-3(4)5-2/h3,5H,4H2,1-2H3. The minimum atomic E-state index is 0.634. The van der Waals surface area contributed by atoms with Crippen LogP contribution in [0.25, 0.3) is 0 Å². The molecule has 0 rings (SSSR count). The average molecular weight is 70.9 g/mol. The molecule has 0 aromatic heterocycles. The highest BCUT2D eigenvalue weighted by Gasteiger charge is 1.78. The van der Waals surface area contributed by atoms with Crippen molar-refractivity contribution < 1.29 is 0 Å². The molecule has 5 heavy (non-hydrogen) atoms. The average Bonchev–Trinajstić information content (AvgIpc) is 1.38. The summed E-state index contributed by atoms with van der Waals surface area (Å²) >= 11 is 0. The van der Waals surface area contributed by atoms with Crippen molar-refractivity contribution in [2.75, 3.05) is 7.05 Å². The Hall–Kier alpha value is 0.0249. The van der Waals surface area contributed by atoms with Gasteiger partial charge in [-0.25, -0.2) is 0 Å². The molecule has 0 amide bonds. The highest BCUT2D eigenvalue weighted by atomic mass is 14.8. The zero-order valence-electron chi connectivity index (χ0n) is 4.08. The molecule has 0 aromatic rings. The van der Waals surface area contributed by atoms with E-state index in [1.165, 1.54) is 0 Å². The normalized spacial score (nSPS) is 14.8. The summed E-state index contributed by atoms with van der Waals surface area (Å²) in [5.74, 6) is 0.634. The largest absolute Gasteiger partial charge is 0.325 e. The van der Waals surface area contributed by atoms with Gasteiger partial charge in [0.2, 0.25) is 0 Å². The third-order valence-electron chi connectivity index (χ3n) is 0.577.